The number of carbonyl (C=O) groups excluding carboxylic acids is 1. The summed E-state index contributed by atoms with van der Waals surface area (Å²) < 4.78 is 41.5. The van der Waals surface area contributed by atoms with Gasteiger partial charge in [-0.15, -0.1) is 0 Å². The van der Waals surface area contributed by atoms with Crippen LogP contribution in [0, 0.1) is 0 Å². The number of hydrogen-bond donors (Lipinski definition) is 1. The largest absolute Gasteiger partial charge is 0.417 e. The first kappa shape index (κ1) is 21.0. The molecule has 160 valence electrons. The molecule has 0 spiro atoms. The molecule has 1 amide bonds. The molecule has 31 heavy (non-hydrogen) atoms. The Hall–Kier alpha value is -3.28. The first-order chi connectivity index (χ1) is 14.9. The number of nitrogens with one attached hydrogen (secondary N) is 1. The number of rotatable bonds is 4. The van der Waals surface area contributed by atoms with Gasteiger partial charge in [0.25, 0.3) is 5.91 Å². The monoisotopic (exact) mass is 424 g/mol. The fourth-order valence-electron chi connectivity index (χ4n) is 4.07. The van der Waals surface area contributed by atoms with Gasteiger partial charge in [0.05, 0.1) is 22.5 Å². The minimum Gasteiger partial charge on any atom is -0.370 e. The van der Waals surface area contributed by atoms with Crippen LogP contribution in [0.25, 0.3) is 11.1 Å². The quantitative estimate of drug-likeness (QED) is 0.511. The number of anilines is 2. The lowest BCUT2D eigenvalue weighted by Gasteiger charge is -2.30. The highest BCUT2D eigenvalue weighted by molar-refractivity contribution is 6.11. The van der Waals surface area contributed by atoms with Crippen molar-refractivity contribution in [2.75, 3.05) is 23.3 Å². The summed E-state index contributed by atoms with van der Waals surface area (Å²) in [6, 6.07) is 19.8. The molecule has 0 aromatic heterocycles. The minimum atomic E-state index is -4.65. The van der Waals surface area contributed by atoms with Crippen LogP contribution in [-0.4, -0.2) is 19.0 Å². The van der Waals surface area contributed by atoms with Crippen LogP contribution in [0.1, 0.15) is 35.2 Å². The van der Waals surface area contributed by atoms with Crippen LogP contribution >= 0.6 is 0 Å². The van der Waals surface area contributed by atoms with Crippen LogP contribution < -0.4 is 10.2 Å². The maximum atomic E-state index is 13.8. The number of piperidine rings is 1. The maximum Gasteiger partial charge on any atom is 0.417 e. The van der Waals surface area contributed by atoms with E-state index in [0.717, 1.165) is 44.1 Å². The van der Waals surface area contributed by atoms with E-state index >= 15 is 0 Å². The van der Waals surface area contributed by atoms with Gasteiger partial charge >= 0.3 is 6.18 Å². The SMILES string of the molecule is O=C(Nc1ccccc1N1CCCCC1)c1c(-c2ccccc2)cccc1C(F)(F)F. The van der Waals surface area contributed by atoms with E-state index in [9.17, 15) is 18.0 Å². The molecular formula is C25H23F3N2O. The molecule has 0 unspecified atom stereocenters. The average Bonchev–Trinajstić information content (AvgIpc) is 2.79. The van der Waals surface area contributed by atoms with E-state index in [2.05, 4.69) is 10.2 Å². The third-order valence-corrected chi connectivity index (χ3v) is 5.53. The normalized spacial score (nSPS) is 14.4. The topological polar surface area (TPSA) is 32.3 Å². The lowest BCUT2D eigenvalue weighted by molar-refractivity contribution is -0.137. The molecule has 1 aliphatic heterocycles. The second kappa shape index (κ2) is 8.84. The van der Waals surface area contributed by atoms with E-state index in [0.29, 0.717) is 11.3 Å². The Bertz CT molecular complexity index is 1060. The molecule has 1 heterocycles. The number of benzene rings is 3. The van der Waals surface area contributed by atoms with E-state index in [-0.39, 0.29) is 11.1 Å². The van der Waals surface area contributed by atoms with Gasteiger partial charge in [-0.25, -0.2) is 0 Å². The van der Waals surface area contributed by atoms with Crippen LogP contribution in [0.4, 0.5) is 24.5 Å². The zero-order valence-electron chi connectivity index (χ0n) is 17.0. The summed E-state index contributed by atoms with van der Waals surface area (Å²) in [5.74, 6) is -0.767. The molecule has 1 saturated heterocycles. The third kappa shape index (κ3) is 4.58. The van der Waals surface area contributed by atoms with Crippen molar-refractivity contribution in [1.82, 2.24) is 0 Å². The van der Waals surface area contributed by atoms with Gasteiger partial charge in [0.15, 0.2) is 0 Å². The van der Waals surface area contributed by atoms with E-state index < -0.39 is 17.6 Å². The molecule has 0 bridgehead atoms. The molecular weight excluding hydrogens is 401 g/mol. The number of para-hydroxylation sites is 2. The Morgan fingerprint density at radius 3 is 2.19 bits per heavy atom. The standard InChI is InChI=1S/C25H23F3N2O/c26-25(27,28)20-13-9-12-19(18-10-3-1-4-11-18)23(20)24(31)29-21-14-5-6-15-22(21)30-16-7-2-8-17-30/h1,3-6,9-15H,2,7-8,16-17H2,(H,29,31). The van der Waals surface area contributed by atoms with Crippen LogP contribution in [0.5, 0.6) is 0 Å². The van der Waals surface area contributed by atoms with Crippen molar-refractivity contribution < 1.29 is 18.0 Å². The van der Waals surface area contributed by atoms with Crippen molar-refractivity contribution in [2.24, 2.45) is 0 Å². The highest BCUT2D eigenvalue weighted by Gasteiger charge is 2.36. The van der Waals surface area contributed by atoms with Crippen molar-refractivity contribution in [1.29, 1.82) is 0 Å². The number of amides is 1. The van der Waals surface area contributed by atoms with Gasteiger partial charge in [-0.1, -0.05) is 54.6 Å². The third-order valence-electron chi connectivity index (χ3n) is 5.53. The molecule has 3 aromatic rings. The molecule has 1 aliphatic rings. The second-order valence-electron chi connectivity index (χ2n) is 7.61. The molecule has 3 nitrogen and oxygen atoms in total. The number of alkyl halides is 3. The van der Waals surface area contributed by atoms with Crippen LogP contribution in [0.15, 0.2) is 72.8 Å². The number of hydrogen-bond acceptors (Lipinski definition) is 2. The maximum absolute atomic E-state index is 13.8. The molecule has 3 aromatic carbocycles. The fourth-order valence-corrected chi connectivity index (χ4v) is 4.07. The Kier molecular flexibility index (Phi) is 5.98. The van der Waals surface area contributed by atoms with Crippen LogP contribution in [-0.2, 0) is 6.18 Å². The van der Waals surface area contributed by atoms with E-state index in [1.807, 2.05) is 12.1 Å². The zero-order chi connectivity index (χ0) is 21.8. The highest BCUT2D eigenvalue weighted by atomic mass is 19.4. The van der Waals surface area contributed by atoms with Gasteiger partial charge in [0.1, 0.15) is 0 Å². The molecule has 4 rings (SSSR count). The first-order valence-corrected chi connectivity index (χ1v) is 10.4. The summed E-state index contributed by atoms with van der Waals surface area (Å²) in [7, 11) is 0. The van der Waals surface area contributed by atoms with Crippen LogP contribution in [0.2, 0.25) is 0 Å². The predicted molar refractivity (Wildman–Crippen MR) is 117 cm³/mol. The van der Waals surface area contributed by atoms with E-state index in [1.165, 1.54) is 6.07 Å². The lowest BCUT2D eigenvalue weighted by atomic mass is 9.94. The lowest BCUT2D eigenvalue weighted by Crippen LogP contribution is -2.30. The molecule has 6 heteroatoms. The Morgan fingerprint density at radius 2 is 1.48 bits per heavy atom. The predicted octanol–water partition coefficient (Wildman–Crippen LogP) is 6.62. The van der Waals surface area contributed by atoms with Gasteiger partial charge in [0.2, 0.25) is 0 Å². The van der Waals surface area contributed by atoms with Crippen molar-refractivity contribution in [3.8, 4) is 11.1 Å². The summed E-state index contributed by atoms with van der Waals surface area (Å²) >= 11 is 0. The Balaban J connectivity index is 1.76. The fraction of sp³-hybridized carbons (Fsp3) is 0.240. The van der Waals surface area contributed by atoms with Crippen molar-refractivity contribution in [3.63, 3.8) is 0 Å². The average molecular weight is 424 g/mol. The van der Waals surface area contributed by atoms with Crippen molar-refractivity contribution in [2.45, 2.75) is 25.4 Å². The van der Waals surface area contributed by atoms with Crippen molar-refractivity contribution in [3.05, 3.63) is 83.9 Å². The van der Waals surface area contributed by atoms with Crippen molar-refractivity contribution >= 4 is 17.3 Å². The van der Waals surface area contributed by atoms with Gasteiger partial charge in [-0.05, 0) is 48.6 Å². The number of carbonyl (C=O) groups is 1. The Labute approximate surface area is 179 Å². The van der Waals surface area contributed by atoms with Gasteiger partial charge < -0.3 is 10.2 Å². The number of halogens is 3. The summed E-state index contributed by atoms with van der Waals surface area (Å²) in [6.45, 7) is 1.72. The van der Waals surface area contributed by atoms with Crippen LogP contribution in [0.3, 0.4) is 0 Å². The molecule has 0 radical (unpaired) electrons. The van der Waals surface area contributed by atoms with Gasteiger partial charge in [-0.3, -0.25) is 4.79 Å². The highest BCUT2D eigenvalue weighted by Crippen LogP contribution is 2.38. The molecule has 0 saturated carbocycles. The van der Waals surface area contributed by atoms with Gasteiger partial charge in [-0.2, -0.15) is 13.2 Å². The molecule has 0 atom stereocenters. The number of nitrogens with zero attached hydrogens (tertiary/aromatic N) is 1. The second-order valence-corrected chi connectivity index (χ2v) is 7.61. The Morgan fingerprint density at radius 1 is 0.806 bits per heavy atom. The summed E-state index contributed by atoms with van der Waals surface area (Å²) in [5.41, 5.74) is 0.856. The molecule has 1 fully saturated rings. The zero-order valence-corrected chi connectivity index (χ0v) is 17.0. The smallest absolute Gasteiger partial charge is 0.370 e. The van der Waals surface area contributed by atoms with E-state index in [1.54, 1.807) is 48.5 Å². The summed E-state index contributed by atoms with van der Waals surface area (Å²) in [4.78, 5) is 15.5. The summed E-state index contributed by atoms with van der Waals surface area (Å²) in [6.07, 6.45) is -1.39. The first-order valence-electron chi connectivity index (χ1n) is 10.4. The molecule has 1 N–H and O–H groups in total. The minimum absolute atomic E-state index is 0.253. The molecule has 0 aliphatic carbocycles. The van der Waals surface area contributed by atoms with E-state index in [4.69, 9.17) is 0 Å². The van der Waals surface area contributed by atoms with Gasteiger partial charge in [0, 0.05) is 13.1 Å². The summed E-state index contributed by atoms with van der Waals surface area (Å²) in [5, 5.41) is 2.77.